The number of carbonyl (C=O) groups excluding carboxylic acids is 1. The minimum atomic E-state index is -5.30. The molecule has 21 nitrogen and oxygen atoms in total. The highest BCUT2D eigenvalue weighted by Crippen LogP contribution is 2.43. The molecule has 12 N–H and O–H groups in total. The quantitative estimate of drug-likeness (QED) is 0.0840. The maximum Gasteiger partial charge on any atom is 0.470 e. The number of carbonyl (C=O) groups is 1. The van der Waals surface area contributed by atoms with Crippen molar-refractivity contribution in [1.29, 1.82) is 0 Å². The Hall–Kier alpha value is -2.04. The summed E-state index contributed by atoms with van der Waals surface area (Å²) in [6.45, 7) is -1.47. The van der Waals surface area contributed by atoms with Crippen LogP contribution in [-0.4, -0.2) is 132 Å². The number of rotatable bonds is 11. The number of imidazole rings is 1. The smallest absolute Gasteiger partial charge is 0.394 e. The minimum Gasteiger partial charge on any atom is -0.394 e. The van der Waals surface area contributed by atoms with Gasteiger partial charge in [0.05, 0.1) is 19.5 Å². The number of aliphatic hydroxyl groups excluding tert-OH is 6. The van der Waals surface area contributed by atoms with Gasteiger partial charge in [-0.15, -0.1) is 0 Å². The number of anilines is 1. The average molecular weight is 607 g/mol. The Kier molecular flexibility index (Phi) is 11.5. The lowest BCUT2D eigenvalue weighted by atomic mass is 10.0. The van der Waals surface area contributed by atoms with Crippen molar-refractivity contribution < 1.29 is 77.9 Å². The standard InChI is InChI=1S/C10H13N5O4.C6H14O12P2/c11-8-5-9(13-2-12-8)15(3-14-5)10-7(18)6(17)4(1-16)19-10;7-1-3(9)5(10)6(18-20(14,15)16)4(2-8)17-19(11,12)13/h2-4,6-7,10,16-18H,1H2,(H2,11,12,13);2-7,9-10H,1H2,(H2,11,12,13)(H2,14,15,16)/t4-,6-,7-,10-;3-,4+,5-,6-/m11/s1. The van der Waals surface area contributed by atoms with Crippen LogP contribution in [0.15, 0.2) is 12.7 Å². The van der Waals surface area contributed by atoms with Crippen LogP contribution in [0, 0.1) is 0 Å². The second-order valence-corrected chi connectivity index (χ2v) is 10.2. The molecule has 2 aromatic rings. The molecule has 8 atom stereocenters. The molecule has 39 heavy (non-hydrogen) atoms. The highest BCUT2D eigenvalue weighted by Gasteiger charge is 2.44. The molecule has 0 saturated carbocycles. The first kappa shape index (κ1) is 33.2. The molecule has 0 aliphatic carbocycles. The summed E-state index contributed by atoms with van der Waals surface area (Å²) >= 11 is 0. The summed E-state index contributed by atoms with van der Waals surface area (Å²) in [7, 11) is -10.6. The first-order chi connectivity index (χ1) is 18.0. The molecule has 2 aromatic heterocycles. The summed E-state index contributed by atoms with van der Waals surface area (Å²) in [4.78, 5) is 56.8. The van der Waals surface area contributed by atoms with Gasteiger partial charge in [0.2, 0.25) is 0 Å². The first-order valence-corrected chi connectivity index (χ1v) is 13.6. The van der Waals surface area contributed by atoms with Gasteiger partial charge in [0.25, 0.3) is 0 Å². The van der Waals surface area contributed by atoms with Gasteiger partial charge in [-0.05, 0) is 0 Å². The van der Waals surface area contributed by atoms with Crippen molar-refractivity contribution in [2.75, 3.05) is 18.9 Å². The molecule has 0 bridgehead atoms. The van der Waals surface area contributed by atoms with Crippen LogP contribution in [0.5, 0.6) is 0 Å². The monoisotopic (exact) mass is 607 g/mol. The summed E-state index contributed by atoms with van der Waals surface area (Å²) in [6.07, 6.45) is -10.6. The van der Waals surface area contributed by atoms with Gasteiger partial charge in [0.1, 0.15) is 48.5 Å². The van der Waals surface area contributed by atoms with Gasteiger partial charge >= 0.3 is 15.6 Å². The van der Waals surface area contributed by atoms with Crippen molar-refractivity contribution in [2.45, 2.75) is 49.0 Å². The van der Waals surface area contributed by atoms with E-state index in [1.54, 1.807) is 0 Å². The number of aldehydes is 1. The Morgan fingerprint density at radius 3 is 2.15 bits per heavy atom. The zero-order valence-electron chi connectivity index (χ0n) is 19.4. The van der Waals surface area contributed by atoms with E-state index in [0.29, 0.717) is 11.2 Å². The fourth-order valence-corrected chi connectivity index (χ4v) is 4.34. The van der Waals surface area contributed by atoms with Crippen molar-refractivity contribution in [3.05, 3.63) is 12.7 Å². The van der Waals surface area contributed by atoms with Gasteiger partial charge in [-0.2, -0.15) is 0 Å². The molecule has 0 unspecified atom stereocenters. The summed E-state index contributed by atoms with van der Waals surface area (Å²) in [5, 5.41) is 55.9. The molecule has 3 heterocycles. The van der Waals surface area contributed by atoms with E-state index < -0.39 is 77.8 Å². The molecule has 222 valence electrons. The Bertz CT molecular complexity index is 1190. The van der Waals surface area contributed by atoms with Crippen molar-refractivity contribution >= 4 is 38.9 Å². The van der Waals surface area contributed by atoms with Crippen molar-refractivity contribution in [3.63, 3.8) is 0 Å². The number of nitrogen functional groups attached to an aromatic ring is 1. The van der Waals surface area contributed by atoms with Gasteiger partial charge in [0, 0.05) is 0 Å². The topological polar surface area (TPSA) is 351 Å². The van der Waals surface area contributed by atoms with Gasteiger partial charge in [0.15, 0.2) is 30.1 Å². The second-order valence-electron chi connectivity index (χ2n) is 7.81. The van der Waals surface area contributed by atoms with Crippen LogP contribution in [-0.2, 0) is 27.7 Å². The lowest BCUT2D eigenvalue weighted by Crippen LogP contribution is -2.48. The third-order valence-electron chi connectivity index (χ3n) is 5.07. The van der Waals surface area contributed by atoms with E-state index in [0.717, 1.165) is 0 Å². The number of nitrogens with two attached hydrogens (primary N) is 1. The lowest BCUT2D eigenvalue weighted by Gasteiger charge is -2.29. The number of hydrogen-bond acceptors (Lipinski definition) is 16. The Labute approximate surface area is 217 Å². The van der Waals surface area contributed by atoms with Gasteiger partial charge in [-0.3, -0.25) is 13.6 Å². The summed E-state index contributed by atoms with van der Waals surface area (Å²) in [5.41, 5.74) is 6.44. The second kappa shape index (κ2) is 13.5. The SMILES string of the molecule is Nc1ncnc2c1ncn2[C@@H]1O[C@H](CO)[C@@H](O)[C@H]1O.O=C[C@H](OP(=O)(O)O)[C@@H](OP(=O)(O)O)[C@H](O)[C@H](O)CO. The Balaban J connectivity index is 0.000000273. The molecule has 0 amide bonds. The number of hydrogen-bond donors (Lipinski definition) is 11. The fourth-order valence-electron chi connectivity index (χ4n) is 3.29. The molecule has 23 heteroatoms. The normalized spacial score (nSPS) is 25.0. The molecular formula is C16H27N5O16P2. The lowest BCUT2D eigenvalue weighted by molar-refractivity contribution is -0.133. The number of nitrogens with zero attached hydrogens (tertiary/aromatic N) is 4. The van der Waals surface area contributed by atoms with E-state index in [2.05, 4.69) is 24.0 Å². The van der Waals surface area contributed by atoms with Crippen molar-refractivity contribution in [1.82, 2.24) is 19.5 Å². The summed E-state index contributed by atoms with van der Waals surface area (Å²) in [5.74, 6) is 0.218. The third kappa shape index (κ3) is 8.72. The van der Waals surface area contributed by atoms with Crippen LogP contribution >= 0.6 is 15.6 Å². The molecule has 0 radical (unpaired) electrons. The largest absolute Gasteiger partial charge is 0.470 e. The van der Waals surface area contributed by atoms with Crippen LogP contribution in [0.25, 0.3) is 11.2 Å². The third-order valence-corrected chi connectivity index (χ3v) is 6.11. The highest BCUT2D eigenvalue weighted by atomic mass is 31.2. The first-order valence-electron chi connectivity index (χ1n) is 10.5. The number of phosphoric acid groups is 2. The molecule has 1 aliphatic rings. The van der Waals surface area contributed by atoms with Gasteiger partial charge in [-0.25, -0.2) is 24.1 Å². The van der Waals surface area contributed by atoms with Crippen LogP contribution in [0.4, 0.5) is 5.82 Å². The molecule has 0 spiro atoms. The van der Waals surface area contributed by atoms with Crippen LogP contribution in [0.2, 0.25) is 0 Å². The Morgan fingerprint density at radius 2 is 1.67 bits per heavy atom. The van der Waals surface area contributed by atoms with Crippen molar-refractivity contribution in [3.8, 4) is 0 Å². The highest BCUT2D eigenvalue weighted by molar-refractivity contribution is 7.46. The van der Waals surface area contributed by atoms with E-state index in [4.69, 9.17) is 45.4 Å². The predicted molar refractivity (Wildman–Crippen MR) is 122 cm³/mol. The fraction of sp³-hybridized carbons (Fsp3) is 0.625. The minimum absolute atomic E-state index is 0.218. The zero-order valence-corrected chi connectivity index (χ0v) is 21.2. The summed E-state index contributed by atoms with van der Waals surface area (Å²) < 4.78 is 36.0. The molecule has 0 aromatic carbocycles. The number of phosphoric ester groups is 2. The van der Waals surface area contributed by atoms with Crippen molar-refractivity contribution in [2.24, 2.45) is 0 Å². The van der Waals surface area contributed by atoms with Gasteiger partial charge < -0.3 is 65.5 Å². The maximum atomic E-state index is 10.7. The number of ether oxygens (including phenoxy) is 1. The van der Waals surface area contributed by atoms with E-state index in [1.807, 2.05) is 0 Å². The van der Waals surface area contributed by atoms with E-state index in [-0.39, 0.29) is 12.1 Å². The van der Waals surface area contributed by atoms with E-state index in [1.165, 1.54) is 17.2 Å². The molecular weight excluding hydrogens is 580 g/mol. The van der Waals surface area contributed by atoms with Crippen LogP contribution in [0.1, 0.15) is 6.23 Å². The van der Waals surface area contributed by atoms with E-state index >= 15 is 0 Å². The zero-order chi connectivity index (χ0) is 29.7. The molecule has 1 saturated heterocycles. The maximum absolute atomic E-state index is 10.7. The Morgan fingerprint density at radius 1 is 1.05 bits per heavy atom. The number of aromatic nitrogens is 4. The average Bonchev–Trinajstić information content (AvgIpc) is 3.41. The van der Waals surface area contributed by atoms with Crippen LogP contribution < -0.4 is 5.73 Å². The van der Waals surface area contributed by atoms with E-state index in [9.17, 15) is 29.2 Å². The molecule has 1 fully saturated rings. The predicted octanol–water partition coefficient (Wildman–Crippen LogP) is -5.12. The molecule has 1 aliphatic heterocycles. The summed E-state index contributed by atoms with van der Waals surface area (Å²) in [6, 6.07) is 0. The van der Waals surface area contributed by atoms with Gasteiger partial charge in [-0.1, -0.05) is 0 Å². The number of aliphatic hydroxyl groups is 6. The molecule has 3 rings (SSSR count). The van der Waals surface area contributed by atoms with Crippen LogP contribution in [0.3, 0.4) is 0 Å². The number of fused-ring (bicyclic) bond motifs is 1.